The first-order chi connectivity index (χ1) is 5.75. The van der Waals surface area contributed by atoms with Gasteiger partial charge in [0.1, 0.15) is 0 Å². The van der Waals surface area contributed by atoms with Gasteiger partial charge in [0.2, 0.25) is 5.56 Å². The van der Waals surface area contributed by atoms with Crippen LogP contribution in [0.15, 0.2) is 16.9 Å². The van der Waals surface area contributed by atoms with Crippen LogP contribution in [0.25, 0.3) is 0 Å². The monoisotopic (exact) mass is 163 g/mol. The van der Waals surface area contributed by atoms with Gasteiger partial charge in [-0.05, 0) is 25.1 Å². The highest BCUT2D eigenvalue weighted by molar-refractivity contribution is 5.22. The number of hydrogen-bond donors (Lipinski definition) is 1. The summed E-state index contributed by atoms with van der Waals surface area (Å²) in [6, 6.07) is 3.45. The third kappa shape index (κ3) is 1.28. The van der Waals surface area contributed by atoms with E-state index in [0.717, 1.165) is 25.2 Å². The Hall–Kier alpha value is -1.09. The third-order valence-corrected chi connectivity index (χ3v) is 2.17. The van der Waals surface area contributed by atoms with Crippen molar-refractivity contribution in [2.75, 3.05) is 6.54 Å². The van der Waals surface area contributed by atoms with Crippen LogP contribution < -0.4 is 5.56 Å². The first-order valence-corrected chi connectivity index (χ1v) is 4.02. The van der Waals surface area contributed by atoms with E-state index in [-0.39, 0.29) is 5.56 Å². The largest absolute Gasteiger partial charge is 0.455 e. The Kier molecular flexibility index (Phi) is 1.73. The molecule has 1 aliphatic heterocycles. The molecular formula is C9H11N2O-. The molecule has 64 valence electrons. The molecule has 3 nitrogen and oxygen atoms in total. The second kappa shape index (κ2) is 2.75. The molecule has 1 aliphatic rings. The molecule has 0 fully saturated rings. The van der Waals surface area contributed by atoms with Gasteiger partial charge in [0.15, 0.2) is 0 Å². The summed E-state index contributed by atoms with van der Waals surface area (Å²) < 4.78 is 0. The van der Waals surface area contributed by atoms with Gasteiger partial charge in [-0.1, -0.05) is 6.07 Å². The standard InChI is InChI=1S/C9H11N2O/c1-11-5-4-8-7(6-11)2-3-9(12)10-8/h2-3H,1,4-6H2,(H,10,12)/q-1. The first kappa shape index (κ1) is 7.55. The number of hydrogen-bond acceptors (Lipinski definition) is 2. The minimum absolute atomic E-state index is 0.00809. The second-order valence-corrected chi connectivity index (χ2v) is 3.13. The first-order valence-electron chi connectivity index (χ1n) is 4.02. The predicted octanol–water partition coefficient (Wildman–Crippen LogP) is 0.525. The average Bonchev–Trinajstić information content (AvgIpc) is 2.05. The summed E-state index contributed by atoms with van der Waals surface area (Å²) in [7, 11) is 3.86. The van der Waals surface area contributed by atoms with Crippen molar-refractivity contribution in [1.29, 1.82) is 0 Å². The number of aromatic amines is 1. The Balaban J connectivity index is 2.43. The highest BCUT2D eigenvalue weighted by Crippen LogP contribution is 2.13. The van der Waals surface area contributed by atoms with E-state index in [1.807, 2.05) is 11.0 Å². The fourth-order valence-corrected chi connectivity index (χ4v) is 1.51. The van der Waals surface area contributed by atoms with Gasteiger partial charge in [-0.25, -0.2) is 0 Å². The fourth-order valence-electron chi connectivity index (χ4n) is 1.51. The van der Waals surface area contributed by atoms with Gasteiger partial charge < -0.3 is 9.88 Å². The molecule has 0 saturated carbocycles. The summed E-state index contributed by atoms with van der Waals surface area (Å²) in [5.74, 6) is 0. The Morgan fingerprint density at radius 3 is 3.17 bits per heavy atom. The molecule has 0 aliphatic carbocycles. The zero-order valence-electron chi connectivity index (χ0n) is 6.84. The summed E-state index contributed by atoms with van der Waals surface area (Å²) >= 11 is 0. The molecule has 0 bridgehead atoms. The number of nitrogens with zero attached hydrogens (tertiary/aromatic N) is 1. The maximum Gasteiger partial charge on any atom is 0.248 e. The van der Waals surface area contributed by atoms with Crippen molar-refractivity contribution in [2.24, 2.45) is 0 Å². The van der Waals surface area contributed by atoms with Gasteiger partial charge in [-0.3, -0.25) is 11.8 Å². The summed E-state index contributed by atoms with van der Waals surface area (Å²) in [5.41, 5.74) is 2.25. The topological polar surface area (TPSA) is 36.1 Å². The Morgan fingerprint density at radius 1 is 1.50 bits per heavy atom. The normalized spacial score (nSPS) is 17.4. The molecule has 0 aromatic carbocycles. The van der Waals surface area contributed by atoms with Crippen molar-refractivity contribution in [3.63, 3.8) is 0 Å². The summed E-state index contributed by atoms with van der Waals surface area (Å²) in [6.45, 7) is 1.76. The summed E-state index contributed by atoms with van der Waals surface area (Å²) in [4.78, 5) is 15.8. The van der Waals surface area contributed by atoms with Crippen molar-refractivity contribution < 1.29 is 0 Å². The highest BCUT2D eigenvalue weighted by atomic mass is 16.1. The van der Waals surface area contributed by atoms with Gasteiger partial charge in [0.05, 0.1) is 0 Å². The number of aromatic nitrogens is 1. The number of pyridine rings is 1. The molecule has 12 heavy (non-hydrogen) atoms. The van der Waals surface area contributed by atoms with Crippen molar-refractivity contribution >= 4 is 0 Å². The van der Waals surface area contributed by atoms with Crippen LogP contribution in [-0.4, -0.2) is 16.4 Å². The van der Waals surface area contributed by atoms with E-state index < -0.39 is 0 Å². The fraction of sp³-hybridized carbons (Fsp3) is 0.333. The van der Waals surface area contributed by atoms with Gasteiger partial charge in [-0.15, -0.1) is 0 Å². The van der Waals surface area contributed by atoms with Crippen LogP contribution in [-0.2, 0) is 13.0 Å². The van der Waals surface area contributed by atoms with Crippen molar-refractivity contribution in [3.8, 4) is 0 Å². The lowest BCUT2D eigenvalue weighted by Gasteiger charge is -2.30. The van der Waals surface area contributed by atoms with E-state index >= 15 is 0 Å². The lowest BCUT2D eigenvalue weighted by atomic mass is 10.1. The molecule has 2 heterocycles. The number of H-pyrrole nitrogens is 1. The van der Waals surface area contributed by atoms with Crippen molar-refractivity contribution in [2.45, 2.75) is 13.0 Å². The molecule has 0 amide bonds. The van der Waals surface area contributed by atoms with Crippen LogP contribution in [0.3, 0.4) is 0 Å². The molecule has 2 rings (SSSR count). The molecule has 1 N–H and O–H groups in total. The quantitative estimate of drug-likeness (QED) is 0.566. The molecule has 0 radical (unpaired) electrons. The van der Waals surface area contributed by atoms with E-state index in [1.54, 1.807) is 6.07 Å². The van der Waals surface area contributed by atoms with Crippen LogP contribution in [0.4, 0.5) is 0 Å². The molecule has 0 saturated heterocycles. The molecule has 3 heteroatoms. The number of rotatable bonds is 0. The predicted molar refractivity (Wildman–Crippen MR) is 46.5 cm³/mol. The van der Waals surface area contributed by atoms with E-state index in [9.17, 15) is 4.79 Å². The smallest absolute Gasteiger partial charge is 0.248 e. The zero-order chi connectivity index (χ0) is 8.55. The van der Waals surface area contributed by atoms with Gasteiger partial charge in [0.25, 0.3) is 0 Å². The molecular weight excluding hydrogens is 152 g/mol. The number of fused-ring (bicyclic) bond motifs is 1. The van der Waals surface area contributed by atoms with Crippen LogP contribution in [0, 0.1) is 7.05 Å². The maximum absolute atomic E-state index is 10.9. The minimum atomic E-state index is -0.00809. The van der Waals surface area contributed by atoms with Crippen LogP contribution in [0.5, 0.6) is 0 Å². The van der Waals surface area contributed by atoms with Crippen LogP contribution in [0.2, 0.25) is 0 Å². The summed E-state index contributed by atoms with van der Waals surface area (Å²) in [6.07, 6.45) is 0.898. The van der Waals surface area contributed by atoms with Crippen molar-refractivity contribution in [3.05, 3.63) is 40.8 Å². The molecule has 0 atom stereocenters. The van der Waals surface area contributed by atoms with E-state index in [0.29, 0.717) is 0 Å². The second-order valence-electron chi connectivity index (χ2n) is 3.13. The molecule has 1 aromatic heterocycles. The molecule has 1 aromatic rings. The average molecular weight is 163 g/mol. The SMILES string of the molecule is [CH2-]N1CCc2[nH]c(=O)ccc2C1. The van der Waals surface area contributed by atoms with E-state index in [4.69, 9.17) is 0 Å². The summed E-state index contributed by atoms with van der Waals surface area (Å²) in [5, 5.41) is 0. The van der Waals surface area contributed by atoms with Crippen LogP contribution >= 0.6 is 0 Å². The lowest BCUT2D eigenvalue weighted by molar-refractivity contribution is 0.343. The van der Waals surface area contributed by atoms with E-state index in [2.05, 4.69) is 12.0 Å². The van der Waals surface area contributed by atoms with Gasteiger partial charge in [0, 0.05) is 11.8 Å². The highest BCUT2D eigenvalue weighted by Gasteiger charge is 2.09. The van der Waals surface area contributed by atoms with Crippen molar-refractivity contribution in [1.82, 2.24) is 9.88 Å². The Morgan fingerprint density at radius 2 is 2.33 bits per heavy atom. The van der Waals surface area contributed by atoms with Gasteiger partial charge in [-0.2, -0.15) is 0 Å². The maximum atomic E-state index is 10.9. The third-order valence-electron chi connectivity index (χ3n) is 2.17. The molecule has 0 unspecified atom stereocenters. The lowest BCUT2D eigenvalue weighted by Crippen LogP contribution is -2.27. The minimum Gasteiger partial charge on any atom is -0.455 e. The van der Waals surface area contributed by atoms with Crippen LogP contribution in [0.1, 0.15) is 11.3 Å². The number of nitrogens with one attached hydrogen (secondary N) is 1. The zero-order valence-corrected chi connectivity index (χ0v) is 6.84. The van der Waals surface area contributed by atoms with Gasteiger partial charge >= 0.3 is 0 Å². The Bertz CT molecular complexity index is 343. The van der Waals surface area contributed by atoms with E-state index in [1.165, 1.54) is 5.56 Å². The Labute approximate surface area is 71.0 Å². The molecule has 0 spiro atoms.